The number of hydrogen-bond acceptors (Lipinski definition) is 2. The number of nitrogens with one attached hydrogen (secondary N) is 1. The Morgan fingerprint density at radius 1 is 1.38 bits per heavy atom. The zero-order valence-corrected chi connectivity index (χ0v) is 9.96. The summed E-state index contributed by atoms with van der Waals surface area (Å²) in [4.78, 5) is 0. The van der Waals surface area contributed by atoms with Gasteiger partial charge in [0, 0.05) is 0 Å². The molecule has 0 aliphatic carbocycles. The number of halogens is 1. The molecule has 0 spiro atoms. The van der Waals surface area contributed by atoms with E-state index in [4.69, 9.17) is 0 Å². The van der Waals surface area contributed by atoms with Gasteiger partial charge in [0.15, 0.2) is 0 Å². The molecule has 90 valence electrons. The first-order chi connectivity index (χ1) is 7.68. The summed E-state index contributed by atoms with van der Waals surface area (Å²) in [6.07, 6.45) is 1.71. The fourth-order valence-corrected chi connectivity index (χ4v) is 1.84. The summed E-state index contributed by atoms with van der Waals surface area (Å²) in [5.74, 6) is -0.262. The summed E-state index contributed by atoms with van der Waals surface area (Å²) < 4.78 is 13.2. The minimum Gasteiger partial charge on any atom is -0.394 e. The predicted octanol–water partition coefficient (Wildman–Crippen LogP) is 2.42. The molecule has 1 aromatic rings. The van der Waals surface area contributed by atoms with Gasteiger partial charge < -0.3 is 10.4 Å². The Kier molecular flexibility index (Phi) is 4.90. The van der Waals surface area contributed by atoms with Crippen LogP contribution in [-0.2, 0) is 5.54 Å². The lowest BCUT2D eigenvalue weighted by Crippen LogP contribution is -2.45. The average Bonchev–Trinajstić information content (AvgIpc) is 2.31. The Morgan fingerprint density at radius 3 is 2.62 bits per heavy atom. The molecule has 2 nitrogen and oxygen atoms in total. The van der Waals surface area contributed by atoms with Gasteiger partial charge in [-0.15, -0.1) is 0 Å². The van der Waals surface area contributed by atoms with E-state index in [9.17, 15) is 9.50 Å². The molecule has 0 aromatic heterocycles. The number of aliphatic hydroxyl groups is 1. The molecule has 2 N–H and O–H groups in total. The van der Waals surface area contributed by atoms with Crippen LogP contribution in [0.15, 0.2) is 24.3 Å². The Labute approximate surface area is 96.5 Å². The van der Waals surface area contributed by atoms with E-state index in [-0.39, 0.29) is 12.4 Å². The first kappa shape index (κ1) is 13.1. The minimum absolute atomic E-state index is 0.0209. The van der Waals surface area contributed by atoms with Crippen LogP contribution in [0.25, 0.3) is 0 Å². The molecule has 0 bridgehead atoms. The van der Waals surface area contributed by atoms with Crippen molar-refractivity contribution in [3.8, 4) is 0 Å². The molecule has 3 heteroatoms. The number of aliphatic hydroxyl groups excluding tert-OH is 1. The van der Waals surface area contributed by atoms with Crippen LogP contribution < -0.4 is 5.32 Å². The molecule has 0 saturated carbocycles. The van der Waals surface area contributed by atoms with Gasteiger partial charge in [-0.3, -0.25) is 0 Å². The molecule has 0 radical (unpaired) electrons. The van der Waals surface area contributed by atoms with Crippen LogP contribution in [-0.4, -0.2) is 18.3 Å². The third kappa shape index (κ3) is 2.80. The highest BCUT2D eigenvalue weighted by atomic mass is 19.1. The third-order valence-electron chi connectivity index (χ3n) is 2.96. The van der Waals surface area contributed by atoms with Gasteiger partial charge in [0.05, 0.1) is 12.1 Å². The van der Waals surface area contributed by atoms with Crippen molar-refractivity contribution in [2.45, 2.75) is 32.2 Å². The molecule has 1 rings (SSSR count). The molecule has 0 amide bonds. The lowest BCUT2D eigenvalue weighted by atomic mass is 9.88. The molecule has 0 fully saturated rings. The predicted molar refractivity (Wildman–Crippen MR) is 63.7 cm³/mol. The summed E-state index contributed by atoms with van der Waals surface area (Å²) in [5.41, 5.74) is 0.295. The topological polar surface area (TPSA) is 32.3 Å². The molecule has 1 atom stereocenters. The van der Waals surface area contributed by atoms with Gasteiger partial charge >= 0.3 is 0 Å². The number of rotatable bonds is 6. The molecular weight excluding hydrogens is 205 g/mol. The Bertz CT molecular complexity index is 323. The highest BCUT2D eigenvalue weighted by Crippen LogP contribution is 2.25. The average molecular weight is 225 g/mol. The zero-order valence-electron chi connectivity index (χ0n) is 9.96. The second kappa shape index (κ2) is 5.97. The standard InChI is InChI=1S/C13H20FNO/c1-3-8-15-13(4-2,10-16)11-6-5-7-12(14)9-11/h5-7,9,15-16H,3-4,8,10H2,1-2H3. The van der Waals surface area contributed by atoms with E-state index < -0.39 is 5.54 Å². The first-order valence-electron chi connectivity index (χ1n) is 5.80. The van der Waals surface area contributed by atoms with Crippen molar-refractivity contribution in [3.63, 3.8) is 0 Å². The molecule has 0 aliphatic heterocycles. The van der Waals surface area contributed by atoms with Crippen molar-refractivity contribution in [2.75, 3.05) is 13.2 Å². The van der Waals surface area contributed by atoms with E-state index in [1.165, 1.54) is 12.1 Å². The Balaban J connectivity index is 2.99. The van der Waals surface area contributed by atoms with Crippen molar-refractivity contribution < 1.29 is 9.50 Å². The molecule has 1 aromatic carbocycles. The summed E-state index contributed by atoms with van der Waals surface area (Å²) >= 11 is 0. The van der Waals surface area contributed by atoms with Crippen LogP contribution >= 0.6 is 0 Å². The SMILES string of the molecule is CCCNC(CC)(CO)c1cccc(F)c1. The van der Waals surface area contributed by atoms with Gasteiger partial charge in [0.25, 0.3) is 0 Å². The lowest BCUT2D eigenvalue weighted by Gasteiger charge is -2.32. The van der Waals surface area contributed by atoms with Crippen LogP contribution in [0.3, 0.4) is 0 Å². The van der Waals surface area contributed by atoms with Crippen LogP contribution in [0.1, 0.15) is 32.3 Å². The lowest BCUT2D eigenvalue weighted by molar-refractivity contribution is 0.155. The van der Waals surface area contributed by atoms with Crippen molar-refractivity contribution in [1.29, 1.82) is 0 Å². The molecule has 16 heavy (non-hydrogen) atoms. The summed E-state index contributed by atoms with van der Waals surface area (Å²) in [6.45, 7) is 4.85. The summed E-state index contributed by atoms with van der Waals surface area (Å²) in [6, 6.07) is 6.44. The number of benzene rings is 1. The van der Waals surface area contributed by atoms with Crippen molar-refractivity contribution >= 4 is 0 Å². The van der Waals surface area contributed by atoms with Crippen molar-refractivity contribution in [2.24, 2.45) is 0 Å². The molecule has 0 heterocycles. The highest BCUT2D eigenvalue weighted by molar-refractivity contribution is 5.25. The van der Waals surface area contributed by atoms with E-state index >= 15 is 0 Å². The molecular formula is C13H20FNO. The fourth-order valence-electron chi connectivity index (χ4n) is 1.84. The maximum Gasteiger partial charge on any atom is 0.123 e. The fraction of sp³-hybridized carbons (Fsp3) is 0.538. The van der Waals surface area contributed by atoms with Gasteiger partial charge in [0.2, 0.25) is 0 Å². The van der Waals surface area contributed by atoms with E-state index in [2.05, 4.69) is 12.2 Å². The molecule has 0 saturated heterocycles. The highest BCUT2D eigenvalue weighted by Gasteiger charge is 2.28. The second-order valence-corrected chi connectivity index (χ2v) is 4.03. The van der Waals surface area contributed by atoms with Crippen molar-refractivity contribution in [1.82, 2.24) is 5.32 Å². The van der Waals surface area contributed by atoms with Crippen LogP contribution in [0.2, 0.25) is 0 Å². The van der Waals surface area contributed by atoms with Crippen LogP contribution in [0.4, 0.5) is 4.39 Å². The molecule has 0 aliphatic rings. The van der Waals surface area contributed by atoms with E-state index in [1.54, 1.807) is 6.07 Å². The zero-order chi connectivity index (χ0) is 12.0. The maximum atomic E-state index is 13.2. The van der Waals surface area contributed by atoms with Crippen LogP contribution in [0.5, 0.6) is 0 Å². The van der Waals surface area contributed by atoms with Crippen molar-refractivity contribution in [3.05, 3.63) is 35.6 Å². The Hall–Kier alpha value is -0.930. The minimum atomic E-state index is -0.516. The number of hydrogen-bond donors (Lipinski definition) is 2. The Morgan fingerprint density at radius 2 is 2.12 bits per heavy atom. The van der Waals surface area contributed by atoms with Gasteiger partial charge in [-0.05, 0) is 37.1 Å². The van der Waals surface area contributed by atoms with E-state index in [0.717, 1.165) is 24.9 Å². The largest absolute Gasteiger partial charge is 0.394 e. The van der Waals surface area contributed by atoms with Gasteiger partial charge in [-0.1, -0.05) is 26.0 Å². The van der Waals surface area contributed by atoms with Gasteiger partial charge in [-0.25, -0.2) is 4.39 Å². The third-order valence-corrected chi connectivity index (χ3v) is 2.96. The quantitative estimate of drug-likeness (QED) is 0.779. The van der Waals surface area contributed by atoms with E-state index in [1.807, 2.05) is 13.0 Å². The van der Waals surface area contributed by atoms with Gasteiger partial charge in [-0.2, -0.15) is 0 Å². The first-order valence-corrected chi connectivity index (χ1v) is 5.80. The summed E-state index contributed by atoms with van der Waals surface area (Å²) in [7, 11) is 0. The van der Waals surface area contributed by atoms with Crippen LogP contribution in [0, 0.1) is 5.82 Å². The monoisotopic (exact) mass is 225 g/mol. The van der Waals surface area contributed by atoms with E-state index in [0.29, 0.717) is 0 Å². The van der Waals surface area contributed by atoms with Gasteiger partial charge in [0.1, 0.15) is 5.82 Å². The second-order valence-electron chi connectivity index (χ2n) is 4.03. The smallest absolute Gasteiger partial charge is 0.123 e. The maximum absolute atomic E-state index is 13.2. The molecule has 1 unspecified atom stereocenters. The normalized spacial score (nSPS) is 14.8. The summed E-state index contributed by atoms with van der Waals surface area (Å²) in [5, 5.41) is 12.9.